The first-order chi connectivity index (χ1) is 8.27. The second-order valence-electron chi connectivity index (χ2n) is 3.36. The Hall–Kier alpha value is -1.32. The number of Topliss-reactive ketones (excluding diaryl/α,β-unsaturated/α-hetero) is 1. The normalized spacial score (nSPS) is 10.2. The lowest BCUT2D eigenvalue weighted by atomic mass is 10.1. The highest BCUT2D eigenvalue weighted by molar-refractivity contribution is 7.99. The van der Waals surface area contributed by atoms with Crippen molar-refractivity contribution in [2.75, 3.05) is 5.75 Å². The van der Waals surface area contributed by atoms with E-state index in [1.54, 1.807) is 18.3 Å². The van der Waals surface area contributed by atoms with Gasteiger partial charge in [0.2, 0.25) is 0 Å². The van der Waals surface area contributed by atoms with Crippen LogP contribution in [-0.2, 0) is 0 Å². The minimum absolute atomic E-state index is 0.0197. The average molecular weight is 264 g/mol. The number of hydrogen-bond acceptors (Lipinski definition) is 3. The number of aromatic nitrogens is 1. The number of nitrogens with zero attached hydrogens (tertiary/aromatic N) is 1. The Kier molecular flexibility index (Phi) is 4.18. The molecular weight excluding hydrogens is 254 g/mol. The molecule has 2 aromatic rings. The summed E-state index contributed by atoms with van der Waals surface area (Å²) in [4.78, 5) is 16.1. The second-order valence-corrected chi connectivity index (χ2v) is 4.76. The van der Waals surface area contributed by atoms with Crippen LogP contribution in [0.4, 0.5) is 0 Å². The maximum absolute atomic E-state index is 11.9. The summed E-state index contributed by atoms with van der Waals surface area (Å²) >= 11 is 7.37. The second kappa shape index (κ2) is 5.84. The topological polar surface area (TPSA) is 30.0 Å². The Morgan fingerprint density at radius 1 is 1.18 bits per heavy atom. The first kappa shape index (κ1) is 12.1. The van der Waals surface area contributed by atoms with Gasteiger partial charge >= 0.3 is 0 Å². The molecule has 2 nitrogen and oxygen atoms in total. The Morgan fingerprint density at radius 2 is 1.94 bits per heavy atom. The summed E-state index contributed by atoms with van der Waals surface area (Å²) in [5.74, 6) is 0.368. The number of hydrogen-bond donors (Lipinski definition) is 0. The van der Waals surface area contributed by atoms with Crippen molar-refractivity contribution in [3.8, 4) is 0 Å². The Bertz CT molecular complexity index is 516. The van der Waals surface area contributed by atoms with Crippen LogP contribution in [-0.4, -0.2) is 16.5 Å². The van der Waals surface area contributed by atoms with Crippen LogP contribution in [0.25, 0.3) is 0 Å². The van der Waals surface area contributed by atoms with E-state index in [0.29, 0.717) is 16.3 Å². The van der Waals surface area contributed by atoms with Gasteiger partial charge in [0.25, 0.3) is 0 Å². The molecule has 0 N–H and O–H groups in total. The standard InChI is InChI=1S/C13H10ClNOS/c14-11-6-2-1-5-10(11)12(16)9-17-13-7-3-4-8-15-13/h1-8H,9H2. The monoisotopic (exact) mass is 263 g/mol. The van der Waals surface area contributed by atoms with Gasteiger partial charge in [0.05, 0.1) is 15.8 Å². The van der Waals surface area contributed by atoms with Gasteiger partial charge in [0.1, 0.15) is 0 Å². The van der Waals surface area contributed by atoms with E-state index in [4.69, 9.17) is 11.6 Å². The lowest BCUT2D eigenvalue weighted by Crippen LogP contribution is -2.03. The quantitative estimate of drug-likeness (QED) is 0.622. The molecule has 0 saturated carbocycles. The molecule has 0 unspecified atom stereocenters. The molecule has 86 valence electrons. The molecule has 2 rings (SSSR count). The molecule has 0 amide bonds. The number of thioether (sulfide) groups is 1. The van der Waals surface area contributed by atoms with Crippen LogP contribution in [0.1, 0.15) is 10.4 Å². The Labute approximate surface area is 109 Å². The largest absolute Gasteiger partial charge is 0.293 e. The van der Waals surface area contributed by atoms with Crippen LogP contribution >= 0.6 is 23.4 Å². The zero-order valence-corrected chi connectivity index (χ0v) is 10.5. The molecule has 0 atom stereocenters. The van der Waals surface area contributed by atoms with Crippen LogP contribution in [0.3, 0.4) is 0 Å². The Balaban J connectivity index is 2.01. The molecule has 0 saturated heterocycles. The molecule has 0 spiro atoms. The van der Waals surface area contributed by atoms with Crippen LogP contribution in [0, 0.1) is 0 Å². The molecule has 0 fully saturated rings. The van der Waals surface area contributed by atoms with E-state index in [-0.39, 0.29) is 5.78 Å². The van der Waals surface area contributed by atoms with Gasteiger partial charge in [-0.05, 0) is 24.3 Å². The van der Waals surface area contributed by atoms with Crippen LogP contribution in [0.15, 0.2) is 53.7 Å². The molecule has 4 heteroatoms. The predicted molar refractivity (Wildman–Crippen MR) is 70.7 cm³/mol. The molecular formula is C13H10ClNOS. The third kappa shape index (κ3) is 3.32. The van der Waals surface area contributed by atoms with Crippen molar-refractivity contribution in [3.05, 3.63) is 59.2 Å². The van der Waals surface area contributed by atoms with Gasteiger partial charge in [-0.1, -0.05) is 41.6 Å². The van der Waals surface area contributed by atoms with Gasteiger partial charge < -0.3 is 0 Å². The highest BCUT2D eigenvalue weighted by atomic mass is 35.5. The number of carbonyl (C=O) groups excluding carboxylic acids is 1. The fraction of sp³-hybridized carbons (Fsp3) is 0.0769. The highest BCUT2D eigenvalue weighted by Crippen LogP contribution is 2.20. The van der Waals surface area contributed by atoms with E-state index in [1.165, 1.54) is 11.8 Å². The summed E-state index contributed by atoms with van der Waals surface area (Å²) in [6.45, 7) is 0. The molecule has 0 aliphatic carbocycles. The molecule has 1 heterocycles. The number of rotatable bonds is 4. The van der Waals surface area contributed by atoms with Crippen LogP contribution in [0.2, 0.25) is 5.02 Å². The van der Waals surface area contributed by atoms with Crippen molar-refractivity contribution >= 4 is 29.1 Å². The number of benzene rings is 1. The zero-order valence-electron chi connectivity index (χ0n) is 8.97. The summed E-state index contributed by atoms with van der Waals surface area (Å²) in [7, 11) is 0. The molecule has 0 aliphatic heterocycles. The van der Waals surface area contributed by atoms with Crippen molar-refractivity contribution in [2.45, 2.75) is 5.03 Å². The lowest BCUT2D eigenvalue weighted by Gasteiger charge is -2.02. The van der Waals surface area contributed by atoms with Crippen molar-refractivity contribution in [1.82, 2.24) is 4.98 Å². The van der Waals surface area contributed by atoms with E-state index in [2.05, 4.69) is 4.98 Å². The summed E-state index contributed by atoms with van der Waals surface area (Å²) in [5.41, 5.74) is 0.567. The number of halogens is 1. The number of ketones is 1. The predicted octanol–water partition coefficient (Wildman–Crippen LogP) is 3.71. The lowest BCUT2D eigenvalue weighted by molar-refractivity contribution is 0.102. The molecule has 0 aliphatic rings. The third-order valence-electron chi connectivity index (χ3n) is 2.16. The van der Waals surface area contributed by atoms with E-state index < -0.39 is 0 Å². The highest BCUT2D eigenvalue weighted by Gasteiger charge is 2.10. The maximum atomic E-state index is 11.9. The first-order valence-corrected chi connectivity index (χ1v) is 6.45. The number of carbonyl (C=O) groups is 1. The van der Waals surface area contributed by atoms with Crippen molar-refractivity contribution in [1.29, 1.82) is 0 Å². The van der Waals surface area contributed by atoms with E-state index in [0.717, 1.165) is 5.03 Å². The van der Waals surface area contributed by atoms with Crippen LogP contribution < -0.4 is 0 Å². The fourth-order valence-electron chi connectivity index (χ4n) is 1.34. The van der Waals surface area contributed by atoms with Gasteiger partial charge in [0.15, 0.2) is 5.78 Å². The summed E-state index contributed by atoms with van der Waals surface area (Å²) in [6.07, 6.45) is 1.71. The summed E-state index contributed by atoms with van der Waals surface area (Å²) < 4.78 is 0. The van der Waals surface area contributed by atoms with Crippen molar-refractivity contribution < 1.29 is 4.79 Å². The van der Waals surface area contributed by atoms with E-state index in [1.807, 2.05) is 30.3 Å². The molecule has 1 aromatic carbocycles. The molecule has 17 heavy (non-hydrogen) atoms. The maximum Gasteiger partial charge on any atom is 0.174 e. The van der Waals surface area contributed by atoms with Crippen molar-refractivity contribution in [2.24, 2.45) is 0 Å². The Morgan fingerprint density at radius 3 is 2.65 bits per heavy atom. The van der Waals surface area contributed by atoms with E-state index in [9.17, 15) is 4.79 Å². The fourth-order valence-corrected chi connectivity index (χ4v) is 2.32. The first-order valence-electron chi connectivity index (χ1n) is 5.09. The van der Waals surface area contributed by atoms with Gasteiger partial charge in [-0.25, -0.2) is 4.98 Å². The summed E-state index contributed by atoms with van der Waals surface area (Å²) in [5, 5.41) is 1.34. The van der Waals surface area contributed by atoms with E-state index >= 15 is 0 Å². The van der Waals surface area contributed by atoms with Gasteiger partial charge in [-0.3, -0.25) is 4.79 Å². The molecule has 0 bridgehead atoms. The SMILES string of the molecule is O=C(CSc1ccccn1)c1ccccc1Cl. The molecule has 1 aromatic heterocycles. The average Bonchev–Trinajstić information content (AvgIpc) is 2.38. The minimum Gasteiger partial charge on any atom is -0.293 e. The third-order valence-corrected chi connectivity index (χ3v) is 3.44. The van der Waals surface area contributed by atoms with Gasteiger partial charge in [-0.15, -0.1) is 0 Å². The van der Waals surface area contributed by atoms with Gasteiger partial charge in [-0.2, -0.15) is 0 Å². The zero-order chi connectivity index (χ0) is 12.1. The van der Waals surface area contributed by atoms with Gasteiger partial charge in [0, 0.05) is 11.8 Å². The smallest absolute Gasteiger partial charge is 0.174 e. The molecule has 0 radical (unpaired) electrons. The minimum atomic E-state index is 0.0197. The summed E-state index contributed by atoms with van der Waals surface area (Å²) in [6, 6.07) is 12.7. The van der Waals surface area contributed by atoms with Crippen LogP contribution in [0.5, 0.6) is 0 Å². The van der Waals surface area contributed by atoms with Crippen molar-refractivity contribution in [3.63, 3.8) is 0 Å². The number of pyridine rings is 1.